The molecule has 0 aliphatic carbocycles. The Hall–Kier alpha value is -2.28. The Morgan fingerprint density at radius 1 is 1.24 bits per heavy atom. The van der Waals surface area contributed by atoms with Gasteiger partial charge in [-0.25, -0.2) is 9.97 Å². The van der Waals surface area contributed by atoms with E-state index in [1.807, 2.05) is 13.8 Å². The number of halogens is 1. The van der Waals surface area contributed by atoms with Crippen molar-refractivity contribution in [3.05, 3.63) is 41.3 Å². The van der Waals surface area contributed by atoms with E-state index in [2.05, 4.69) is 30.6 Å². The first-order valence-corrected chi connectivity index (χ1v) is 6.92. The number of fused-ring (bicyclic) bond motifs is 1. The van der Waals surface area contributed by atoms with Crippen LogP contribution in [0.15, 0.2) is 24.8 Å². The molecule has 21 heavy (non-hydrogen) atoms. The quantitative estimate of drug-likeness (QED) is 0.796. The molecule has 108 valence electrons. The van der Waals surface area contributed by atoms with Crippen molar-refractivity contribution in [1.29, 1.82) is 0 Å². The summed E-state index contributed by atoms with van der Waals surface area (Å²) in [5.74, 6) is 0.986. The van der Waals surface area contributed by atoms with Crippen molar-refractivity contribution in [2.24, 2.45) is 0 Å². The smallest absolute Gasteiger partial charge is 0.201 e. The van der Waals surface area contributed by atoms with Crippen LogP contribution < -0.4 is 5.32 Å². The summed E-state index contributed by atoms with van der Waals surface area (Å²) >= 11 is 6.09. The number of anilines is 1. The van der Waals surface area contributed by atoms with E-state index >= 15 is 0 Å². The van der Waals surface area contributed by atoms with Gasteiger partial charge in [-0.05, 0) is 0 Å². The molecule has 3 heterocycles. The molecule has 0 aliphatic heterocycles. The predicted octanol–water partition coefficient (Wildman–Crippen LogP) is 2.30. The van der Waals surface area contributed by atoms with E-state index in [1.54, 1.807) is 23.0 Å². The first-order chi connectivity index (χ1) is 10.1. The molecule has 1 N–H and O–H groups in total. The zero-order valence-electron chi connectivity index (χ0n) is 11.7. The van der Waals surface area contributed by atoms with Crippen LogP contribution >= 0.6 is 11.6 Å². The molecule has 0 bridgehead atoms. The molecule has 0 amide bonds. The van der Waals surface area contributed by atoms with Crippen LogP contribution in [0.2, 0.25) is 5.15 Å². The molecule has 3 aromatic heterocycles. The molecular weight excluding hydrogens is 290 g/mol. The topological polar surface area (TPSA) is 80.9 Å². The lowest BCUT2D eigenvalue weighted by Gasteiger charge is -2.08. The molecule has 7 nitrogen and oxygen atoms in total. The average molecular weight is 304 g/mol. The number of aromatic nitrogens is 6. The highest BCUT2D eigenvalue weighted by atomic mass is 35.5. The fourth-order valence-corrected chi connectivity index (χ4v) is 2.16. The summed E-state index contributed by atoms with van der Waals surface area (Å²) < 4.78 is 1.68. The highest BCUT2D eigenvalue weighted by molar-refractivity contribution is 6.29. The molecule has 0 unspecified atom stereocenters. The third-order valence-corrected chi connectivity index (χ3v) is 3.16. The van der Waals surface area contributed by atoms with Crippen LogP contribution in [0.1, 0.15) is 31.2 Å². The highest BCUT2D eigenvalue weighted by Gasteiger charge is 2.14. The van der Waals surface area contributed by atoms with Crippen LogP contribution in [0, 0.1) is 0 Å². The summed E-state index contributed by atoms with van der Waals surface area (Å²) in [6.45, 7) is 4.64. The van der Waals surface area contributed by atoms with Crippen molar-refractivity contribution in [3.8, 4) is 0 Å². The van der Waals surface area contributed by atoms with Crippen LogP contribution in [0.4, 0.5) is 5.69 Å². The Morgan fingerprint density at radius 2 is 2.00 bits per heavy atom. The van der Waals surface area contributed by atoms with Gasteiger partial charge in [0.15, 0.2) is 11.0 Å². The van der Waals surface area contributed by atoms with Gasteiger partial charge in [0.2, 0.25) is 5.65 Å². The second-order valence-corrected chi connectivity index (χ2v) is 5.32. The maximum Gasteiger partial charge on any atom is 0.201 e. The van der Waals surface area contributed by atoms with Gasteiger partial charge in [-0.3, -0.25) is 0 Å². The Balaban J connectivity index is 1.95. The molecule has 0 aliphatic rings. The summed E-state index contributed by atoms with van der Waals surface area (Å²) in [7, 11) is 0. The van der Waals surface area contributed by atoms with Crippen LogP contribution in [0.5, 0.6) is 0 Å². The molecular formula is C13H14ClN7. The zero-order valence-corrected chi connectivity index (χ0v) is 12.4. The molecule has 0 saturated heterocycles. The van der Waals surface area contributed by atoms with Crippen LogP contribution in [0.25, 0.3) is 5.65 Å². The van der Waals surface area contributed by atoms with Gasteiger partial charge in [0, 0.05) is 36.5 Å². The van der Waals surface area contributed by atoms with Gasteiger partial charge >= 0.3 is 0 Å². The average Bonchev–Trinajstić information content (AvgIpc) is 2.89. The Morgan fingerprint density at radius 3 is 2.71 bits per heavy atom. The molecule has 3 rings (SSSR count). The molecule has 0 spiro atoms. The second-order valence-electron chi connectivity index (χ2n) is 4.93. The normalized spacial score (nSPS) is 11.2. The van der Waals surface area contributed by atoms with E-state index in [0.717, 1.165) is 17.1 Å². The lowest BCUT2D eigenvalue weighted by atomic mass is 10.2. The van der Waals surface area contributed by atoms with Crippen molar-refractivity contribution >= 4 is 22.9 Å². The highest BCUT2D eigenvalue weighted by Crippen LogP contribution is 2.22. The first-order valence-electron chi connectivity index (χ1n) is 6.54. The molecule has 3 aromatic rings. The lowest BCUT2D eigenvalue weighted by Crippen LogP contribution is -2.06. The van der Waals surface area contributed by atoms with Gasteiger partial charge in [-0.2, -0.15) is 9.61 Å². The second kappa shape index (κ2) is 5.61. The number of nitrogens with zero attached hydrogens (tertiary/aromatic N) is 6. The zero-order chi connectivity index (χ0) is 14.8. The van der Waals surface area contributed by atoms with E-state index < -0.39 is 0 Å². The fourth-order valence-electron chi connectivity index (χ4n) is 1.98. The van der Waals surface area contributed by atoms with Crippen LogP contribution in [-0.4, -0.2) is 29.8 Å². The maximum absolute atomic E-state index is 6.09. The van der Waals surface area contributed by atoms with Gasteiger partial charge in [0.25, 0.3) is 0 Å². The fraction of sp³-hybridized carbons (Fsp3) is 0.308. The SMILES string of the molecule is CC(C)c1nnc2c(NCc3cncnc3)cc(Cl)nn12. The monoisotopic (exact) mass is 303 g/mol. The van der Waals surface area contributed by atoms with Gasteiger partial charge in [-0.15, -0.1) is 10.2 Å². The van der Waals surface area contributed by atoms with E-state index in [0.29, 0.717) is 17.3 Å². The number of hydrogen-bond acceptors (Lipinski definition) is 6. The third-order valence-electron chi connectivity index (χ3n) is 2.98. The lowest BCUT2D eigenvalue weighted by molar-refractivity contribution is 0.721. The van der Waals surface area contributed by atoms with Crippen LogP contribution in [0.3, 0.4) is 0 Å². The third kappa shape index (κ3) is 2.78. The summed E-state index contributed by atoms with van der Waals surface area (Å²) in [4.78, 5) is 7.96. The van der Waals surface area contributed by atoms with E-state index in [9.17, 15) is 0 Å². The predicted molar refractivity (Wildman–Crippen MR) is 79.2 cm³/mol. The number of rotatable bonds is 4. The van der Waals surface area contributed by atoms with Crippen molar-refractivity contribution in [3.63, 3.8) is 0 Å². The molecule has 0 fully saturated rings. The Kier molecular flexibility index (Phi) is 3.66. The summed E-state index contributed by atoms with van der Waals surface area (Å²) in [5, 5.41) is 16.3. The van der Waals surface area contributed by atoms with E-state index in [1.165, 1.54) is 6.33 Å². The van der Waals surface area contributed by atoms with Gasteiger partial charge in [0.05, 0.1) is 5.69 Å². The summed E-state index contributed by atoms with van der Waals surface area (Å²) in [6.07, 6.45) is 5.01. The Labute approximate surface area is 126 Å². The molecule has 8 heteroatoms. The van der Waals surface area contributed by atoms with Gasteiger partial charge in [-0.1, -0.05) is 25.4 Å². The largest absolute Gasteiger partial charge is 0.378 e. The Bertz CT molecular complexity index is 754. The minimum atomic E-state index is 0.210. The number of nitrogens with one attached hydrogen (secondary N) is 1. The molecule has 0 atom stereocenters. The van der Waals surface area contributed by atoms with E-state index in [4.69, 9.17) is 11.6 Å². The maximum atomic E-state index is 6.09. The molecule has 0 radical (unpaired) electrons. The van der Waals surface area contributed by atoms with Gasteiger partial charge < -0.3 is 5.32 Å². The summed E-state index contributed by atoms with van der Waals surface area (Å²) in [6, 6.07) is 1.74. The summed E-state index contributed by atoms with van der Waals surface area (Å²) in [5.41, 5.74) is 2.39. The molecule has 0 aromatic carbocycles. The standard InChI is InChI=1S/C13H14ClN7/c1-8(2)12-18-19-13-10(3-11(14)20-21(12)13)17-6-9-4-15-7-16-5-9/h3-5,7-8,17H,6H2,1-2H3. The first kappa shape index (κ1) is 13.7. The van der Waals surface area contributed by atoms with Crippen molar-refractivity contribution in [2.45, 2.75) is 26.3 Å². The minimum absolute atomic E-state index is 0.210. The number of hydrogen-bond donors (Lipinski definition) is 1. The van der Waals surface area contributed by atoms with Crippen molar-refractivity contribution in [1.82, 2.24) is 29.8 Å². The van der Waals surface area contributed by atoms with Gasteiger partial charge in [0.1, 0.15) is 6.33 Å². The van der Waals surface area contributed by atoms with Crippen molar-refractivity contribution in [2.75, 3.05) is 5.32 Å². The van der Waals surface area contributed by atoms with E-state index in [-0.39, 0.29) is 5.92 Å². The van der Waals surface area contributed by atoms with Crippen LogP contribution in [-0.2, 0) is 6.54 Å². The molecule has 0 saturated carbocycles. The van der Waals surface area contributed by atoms with Crippen molar-refractivity contribution < 1.29 is 0 Å². The minimum Gasteiger partial charge on any atom is -0.378 e.